The molecule has 0 bridgehead atoms. The van der Waals surface area contributed by atoms with Crippen LogP contribution in [0.25, 0.3) is 0 Å². The highest BCUT2D eigenvalue weighted by Gasteiger charge is 2.20. The SMILES string of the molecule is OC(c1ccc(C2CCC2)cc1)c1cnns1. The summed E-state index contributed by atoms with van der Waals surface area (Å²) in [5.41, 5.74) is 2.31. The molecule has 3 rings (SSSR count). The summed E-state index contributed by atoms with van der Waals surface area (Å²) >= 11 is 1.24. The van der Waals surface area contributed by atoms with Gasteiger partial charge in [0.2, 0.25) is 0 Å². The summed E-state index contributed by atoms with van der Waals surface area (Å²) in [6.45, 7) is 0. The molecule has 0 saturated heterocycles. The Labute approximate surface area is 104 Å². The second kappa shape index (κ2) is 4.55. The van der Waals surface area contributed by atoms with Gasteiger partial charge in [-0.05, 0) is 41.4 Å². The van der Waals surface area contributed by atoms with Gasteiger partial charge < -0.3 is 5.11 Å². The lowest BCUT2D eigenvalue weighted by Crippen LogP contribution is -2.08. The summed E-state index contributed by atoms with van der Waals surface area (Å²) in [6.07, 6.45) is 4.99. The van der Waals surface area contributed by atoms with Crippen molar-refractivity contribution in [2.45, 2.75) is 31.3 Å². The van der Waals surface area contributed by atoms with Crippen LogP contribution in [0.15, 0.2) is 30.5 Å². The van der Waals surface area contributed by atoms with Crippen molar-refractivity contribution >= 4 is 11.5 Å². The van der Waals surface area contributed by atoms with Crippen LogP contribution in [-0.2, 0) is 0 Å². The monoisotopic (exact) mass is 246 g/mol. The lowest BCUT2D eigenvalue weighted by Gasteiger charge is -2.26. The molecule has 4 heteroatoms. The number of nitrogens with zero attached hydrogens (tertiary/aromatic N) is 2. The van der Waals surface area contributed by atoms with Crippen LogP contribution in [0.3, 0.4) is 0 Å². The molecule has 88 valence electrons. The fourth-order valence-corrected chi connectivity index (χ4v) is 2.67. The Morgan fingerprint density at radius 3 is 2.53 bits per heavy atom. The van der Waals surface area contributed by atoms with E-state index in [2.05, 4.69) is 21.7 Å². The predicted molar refractivity (Wildman–Crippen MR) is 67.0 cm³/mol. The number of aromatic nitrogens is 2. The van der Waals surface area contributed by atoms with E-state index in [1.807, 2.05) is 12.1 Å². The molecule has 0 amide bonds. The fraction of sp³-hybridized carbons (Fsp3) is 0.385. The van der Waals surface area contributed by atoms with E-state index >= 15 is 0 Å². The standard InChI is InChI=1S/C13H14N2OS/c16-13(12-8-14-15-17-12)11-6-4-10(5-7-11)9-2-1-3-9/h4-9,13,16H,1-3H2. The van der Waals surface area contributed by atoms with Gasteiger partial charge in [0.15, 0.2) is 0 Å². The molecule has 0 radical (unpaired) electrons. The molecule has 0 aliphatic heterocycles. The number of aliphatic hydroxyl groups excluding tert-OH is 1. The van der Waals surface area contributed by atoms with Crippen molar-refractivity contribution in [3.8, 4) is 0 Å². The van der Waals surface area contributed by atoms with E-state index in [0.717, 1.165) is 16.4 Å². The van der Waals surface area contributed by atoms with Crippen LogP contribution in [-0.4, -0.2) is 14.7 Å². The normalized spacial score (nSPS) is 17.7. The molecule has 1 atom stereocenters. The van der Waals surface area contributed by atoms with Gasteiger partial charge in [0, 0.05) is 0 Å². The van der Waals surface area contributed by atoms with Crippen molar-refractivity contribution < 1.29 is 5.11 Å². The van der Waals surface area contributed by atoms with Crippen molar-refractivity contribution in [2.24, 2.45) is 0 Å². The summed E-state index contributed by atoms with van der Waals surface area (Å²) in [6, 6.07) is 8.30. The quantitative estimate of drug-likeness (QED) is 0.905. The Balaban J connectivity index is 1.79. The maximum absolute atomic E-state index is 10.1. The maximum atomic E-state index is 10.1. The van der Waals surface area contributed by atoms with Gasteiger partial charge in [-0.15, -0.1) is 5.10 Å². The van der Waals surface area contributed by atoms with Crippen molar-refractivity contribution in [1.82, 2.24) is 9.59 Å². The average Bonchev–Trinajstić information content (AvgIpc) is 2.80. The number of aliphatic hydroxyl groups is 1. The predicted octanol–water partition coefficient (Wildman–Crippen LogP) is 2.89. The van der Waals surface area contributed by atoms with Gasteiger partial charge in [0.1, 0.15) is 6.10 Å². The molecular formula is C13H14N2OS. The summed E-state index contributed by atoms with van der Waals surface area (Å²) in [5.74, 6) is 0.742. The first kappa shape index (κ1) is 10.9. The van der Waals surface area contributed by atoms with E-state index in [4.69, 9.17) is 0 Å². The highest BCUT2D eigenvalue weighted by molar-refractivity contribution is 7.05. The molecule has 1 aromatic heterocycles. The van der Waals surface area contributed by atoms with Gasteiger partial charge in [-0.1, -0.05) is 35.2 Å². The van der Waals surface area contributed by atoms with Crippen molar-refractivity contribution in [1.29, 1.82) is 0 Å². The lowest BCUT2D eigenvalue weighted by atomic mass is 9.80. The van der Waals surface area contributed by atoms with Gasteiger partial charge >= 0.3 is 0 Å². The Bertz CT molecular complexity index is 477. The van der Waals surface area contributed by atoms with Crippen molar-refractivity contribution in [3.05, 3.63) is 46.5 Å². The topological polar surface area (TPSA) is 46.0 Å². The molecule has 0 spiro atoms. The smallest absolute Gasteiger partial charge is 0.116 e. The van der Waals surface area contributed by atoms with E-state index in [9.17, 15) is 5.11 Å². The minimum atomic E-state index is -0.592. The van der Waals surface area contributed by atoms with E-state index in [1.54, 1.807) is 6.20 Å². The number of rotatable bonds is 3. The first-order chi connectivity index (χ1) is 8.34. The van der Waals surface area contributed by atoms with Crippen LogP contribution in [0.4, 0.5) is 0 Å². The molecule has 1 heterocycles. The van der Waals surface area contributed by atoms with Crippen LogP contribution >= 0.6 is 11.5 Å². The third kappa shape index (κ3) is 2.10. The second-order valence-corrected chi connectivity index (χ2v) is 5.33. The molecular weight excluding hydrogens is 232 g/mol. The molecule has 17 heavy (non-hydrogen) atoms. The highest BCUT2D eigenvalue weighted by atomic mass is 32.1. The minimum Gasteiger partial charge on any atom is -0.383 e. The van der Waals surface area contributed by atoms with E-state index in [0.29, 0.717) is 0 Å². The molecule has 1 N–H and O–H groups in total. The summed E-state index contributed by atoms with van der Waals surface area (Å²) in [4.78, 5) is 0.793. The molecule has 3 nitrogen and oxygen atoms in total. The zero-order chi connectivity index (χ0) is 11.7. The molecule has 2 aromatic rings. The zero-order valence-electron chi connectivity index (χ0n) is 9.41. The molecule has 1 aliphatic rings. The van der Waals surface area contributed by atoms with E-state index in [-0.39, 0.29) is 0 Å². The Kier molecular flexibility index (Phi) is 2.91. The average molecular weight is 246 g/mol. The summed E-state index contributed by atoms with van der Waals surface area (Å²) < 4.78 is 3.77. The second-order valence-electron chi connectivity index (χ2n) is 4.52. The first-order valence-electron chi connectivity index (χ1n) is 5.90. The number of hydrogen-bond acceptors (Lipinski definition) is 4. The molecule has 1 unspecified atom stereocenters. The summed E-state index contributed by atoms with van der Waals surface area (Å²) in [5, 5.41) is 13.9. The van der Waals surface area contributed by atoms with Gasteiger partial charge in [-0.25, -0.2) is 0 Å². The Morgan fingerprint density at radius 2 is 2.00 bits per heavy atom. The van der Waals surface area contributed by atoms with Crippen LogP contribution in [0.5, 0.6) is 0 Å². The van der Waals surface area contributed by atoms with Crippen molar-refractivity contribution in [2.75, 3.05) is 0 Å². The van der Waals surface area contributed by atoms with E-state index in [1.165, 1.54) is 36.4 Å². The van der Waals surface area contributed by atoms with Crippen LogP contribution in [0.1, 0.15) is 47.3 Å². The lowest BCUT2D eigenvalue weighted by molar-refractivity contribution is 0.224. The molecule has 1 fully saturated rings. The van der Waals surface area contributed by atoms with Crippen LogP contribution in [0.2, 0.25) is 0 Å². The Hall–Kier alpha value is -1.26. The van der Waals surface area contributed by atoms with E-state index < -0.39 is 6.10 Å². The molecule has 1 aromatic carbocycles. The third-order valence-corrected chi connectivity index (χ3v) is 4.19. The van der Waals surface area contributed by atoms with Gasteiger partial charge in [0.25, 0.3) is 0 Å². The first-order valence-corrected chi connectivity index (χ1v) is 6.67. The molecule has 1 saturated carbocycles. The Morgan fingerprint density at radius 1 is 1.24 bits per heavy atom. The number of hydrogen-bond donors (Lipinski definition) is 1. The number of benzene rings is 1. The summed E-state index contributed by atoms with van der Waals surface area (Å²) in [7, 11) is 0. The van der Waals surface area contributed by atoms with Gasteiger partial charge in [0.05, 0.1) is 11.1 Å². The third-order valence-electron chi connectivity index (χ3n) is 3.48. The van der Waals surface area contributed by atoms with Gasteiger partial charge in [-0.3, -0.25) is 0 Å². The molecule has 1 aliphatic carbocycles. The van der Waals surface area contributed by atoms with Crippen LogP contribution in [0, 0.1) is 0 Å². The minimum absolute atomic E-state index is 0.592. The fourth-order valence-electron chi connectivity index (χ4n) is 2.15. The van der Waals surface area contributed by atoms with Crippen LogP contribution < -0.4 is 0 Å². The van der Waals surface area contributed by atoms with Gasteiger partial charge in [-0.2, -0.15) is 0 Å². The largest absolute Gasteiger partial charge is 0.383 e. The van der Waals surface area contributed by atoms with Crippen molar-refractivity contribution in [3.63, 3.8) is 0 Å². The maximum Gasteiger partial charge on any atom is 0.116 e. The highest BCUT2D eigenvalue weighted by Crippen LogP contribution is 2.36. The zero-order valence-corrected chi connectivity index (χ0v) is 10.2.